The summed E-state index contributed by atoms with van der Waals surface area (Å²) in [5.41, 5.74) is 5.77. The van der Waals surface area contributed by atoms with Crippen LogP contribution in [-0.2, 0) is 4.74 Å². The summed E-state index contributed by atoms with van der Waals surface area (Å²) in [5.74, 6) is 0. The third-order valence-corrected chi connectivity index (χ3v) is 2.85. The number of nitrogens with two attached hydrogens (primary N) is 1. The molecule has 2 N–H and O–H groups in total. The fourth-order valence-corrected chi connectivity index (χ4v) is 2.03. The van der Waals surface area contributed by atoms with Crippen molar-refractivity contribution in [1.29, 1.82) is 0 Å². The minimum atomic E-state index is 0.302. The van der Waals surface area contributed by atoms with E-state index in [-0.39, 0.29) is 0 Å². The van der Waals surface area contributed by atoms with Gasteiger partial charge in [0.25, 0.3) is 0 Å². The maximum Gasteiger partial charge on any atom is 0.0710 e. The summed E-state index contributed by atoms with van der Waals surface area (Å²) in [5, 5.41) is 0. The zero-order valence-electron chi connectivity index (χ0n) is 8.99. The van der Waals surface area contributed by atoms with E-state index in [0.717, 1.165) is 19.5 Å². The summed E-state index contributed by atoms with van der Waals surface area (Å²) in [6.07, 6.45) is 2.69. The molecule has 3 atom stereocenters. The number of hydrogen-bond donors (Lipinski definition) is 1. The van der Waals surface area contributed by atoms with Crippen LogP contribution in [0.25, 0.3) is 0 Å². The predicted molar refractivity (Wildman–Crippen MR) is 54.7 cm³/mol. The average molecular weight is 186 g/mol. The molecule has 0 aliphatic carbocycles. The Morgan fingerprint density at radius 1 is 1.54 bits per heavy atom. The van der Waals surface area contributed by atoms with Gasteiger partial charge in [-0.1, -0.05) is 0 Å². The third-order valence-electron chi connectivity index (χ3n) is 2.85. The van der Waals surface area contributed by atoms with Gasteiger partial charge in [0.15, 0.2) is 0 Å². The summed E-state index contributed by atoms with van der Waals surface area (Å²) in [6.45, 7) is 6.55. The van der Waals surface area contributed by atoms with E-state index in [4.69, 9.17) is 10.5 Å². The normalized spacial score (nSPS) is 29.1. The quantitative estimate of drug-likeness (QED) is 0.707. The zero-order valence-corrected chi connectivity index (χ0v) is 8.99. The minimum Gasteiger partial charge on any atom is -0.380 e. The Balaban J connectivity index is 2.28. The Bertz CT molecular complexity index is 150. The number of hydrogen-bond acceptors (Lipinski definition) is 3. The Morgan fingerprint density at radius 2 is 2.23 bits per heavy atom. The highest BCUT2D eigenvalue weighted by Crippen LogP contribution is 2.16. The highest BCUT2D eigenvalue weighted by molar-refractivity contribution is 4.81. The molecule has 1 rings (SSSR count). The van der Waals surface area contributed by atoms with Crippen LogP contribution >= 0.6 is 0 Å². The molecule has 0 bridgehead atoms. The largest absolute Gasteiger partial charge is 0.380 e. The Kier molecular flexibility index (Phi) is 4.16. The van der Waals surface area contributed by atoms with Crippen molar-refractivity contribution in [3.63, 3.8) is 0 Å². The molecule has 78 valence electrons. The van der Waals surface area contributed by atoms with Crippen LogP contribution in [-0.4, -0.2) is 43.3 Å². The number of nitrogens with zero attached hydrogens (tertiary/aromatic N) is 1. The van der Waals surface area contributed by atoms with E-state index in [2.05, 4.69) is 18.7 Å². The van der Waals surface area contributed by atoms with E-state index in [9.17, 15) is 0 Å². The van der Waals surface area contributed by atoms with Crippen LogP contribution in [0.3, 0.4) is 0 Å². The average Bonchev–Trinajstić information content (AvgIpc) is 2.50. The highest BCUT2D eigenvalue weighted by atomic mass is 16.5. The molecule has 13 heavy (non-hydrogen) atoms. The summed E-state index contributed by atoms with van der Waals surface area (Å²) in [7, 11) is 1.80. The molecule has 1 fully saturated rings. The van der Waals surface area contributed by atoms with Crippen molar-refractivity contribution >= 4 is 0 Å². The van der Waals surface area contributed by atoms with Gasteiger partial charge in [0.2, 0.25) is 0 Å². The molecule has 0 aromatic heterocycles. The summed E-state index contributed by atoms with van der Waals surface area (Å²) in [4.78, 5) is 2.47. The van der Waals surface area contributed by atoms with Crippen molar-refractivity contribution in [2.24, 2.45) is 5.73 Å². The van der Waals surface area contributed by atoms with Crippen molar-refractivity contribution in [1.82, 2.24) is 4.90 Å². The van der Waals surface area contributed by atoms with Crippen LogP contribution in [0.2, 0.25) is 0 Å². The van der Waals surface area contributed by atoms with Crippen LogP contribution < -0.4 is 5.73 Å². The lowest BCUT2D eigenvalue weighted by atomic mass is 10.1. The molecule has 0 radical (unpaired) electrons. The van der Waals surface area contributed by atoms with Crippen LogP contribution in [0.5, 0.6) is 0 Å². The lowest BCUT2D eigenvalue weighted by Gasteiger charge is -2.25. The number of likely N-dealkylation sites (tertiary alicyclic amines) is 1. The fraction of sp³-hybridized carbons (Fsp3) is 1.00. The van der Waals surface area contributed by atoms with E-state index in [1.54, 1.807) is 7.11 Å². The molecule has 0 saturated carbocycles. The van der Waals surface area contributed by atoms with E-state index >= 15 is 0 Å². The van der Waals surface area contributed by atoms with Gasteiger partial charge in [-0.3, -0.25) is 4.90 Å². The van der Waals surface area contributed by atoms with Gasteiger partial charge in [-0.25, -0.2) is 0 Å². The SMILES string of the molecule is COC1CCN(C(C)CC(C)N)C1. The standard InChI is InChI=1S/C10H22N2O/c1-8(11)6-9(2)12-5-4-10(7-12)13-3/h8-10H,4-7,11H2,1-3H3. The first kappa shape index (κ1) is 11.0. The van der Waals surface area contributed by atoms with Crippen LogP contribution in [0, 0.1) is 0 Å². The van der Waals surface area contributed by atoms with Crippen LogP contribution in [0.15, 0.2) is 0 Å². The second kappa shape index (κ2) is 4.94. The number of rotatable bonds is 4. The third kappa shape index (κ3) is 3.25. The lowest BCUT2D eigenvalue weighted by Crippen LogP contribution is -2.36. The molecule has 0 spiro atoms. The van der Waals surface area contributed by atoms with E-state index < -0.39 is 0 Å². The first-order valence-electron chi connectivity index (χ1n) is 5.16. The maximum absolute atomic E-state index is 5.77. The summed E-state index contributed by atoms with van der Waals surface area (Å²) < 4.78 is 5.32. The van der Waals surface area contributed by atoms with Gasteiger partial charge in [-0.15, -0.1) is 0 Å². The van der Waals surface area contributed by atoms with Crippen LogP contribution in [0.1, 0.15) is 26.7 Å². The number of ether oxygens (including phenoxy) is 1. The second-order valence-electron chi connectivity index (χ2n) is 4.20. The van der Waals surface area contributed by atoms with Gasteiger partial charge in [0.05, 0.1) is 6.10 Å². The predicted octanol–water partition coefficient (Wildman–Crippen LogP) is 0.833. The molecule has 0 aromatic carbocycles. The molecular weight excluding hydrogens is 164 g/mol. The van der Waals surface area contributed by atoms with E-state index in [0.29, 0.717) is 18.2 Å². The topological polar surface area (TPSA) is 38.5 Å². The molecule has 3 heteroatoms. The first-order chi connectivity index (χ1) is 6.13. The zero-order chi connectivity index (χ0) is 9.84. The fourth-order valence-electron chi connectivity index (χ4n) is 2.03. The first-order valence-corrected chi connectivity index (χ1v) is 5.16. The van der Waals surface area contributed by atoms with Gasteiger partial charge in [-0.2, -0.15) is 0 Å². The van der Waals surface area contributed by atoms with Gasteiger partial charge in [0.1, 0.15) is 0 Å². The van der Waals surface area contributed by atoms with E-state index in [1.807, 2.05) is 0 Å². The van der Waals surface area contributed by atoms with Crippen molar-refractivity contribution in [3.8, 4) is 0 Å². The van der Waals surface area contributed by atoms with Crippen molar-refractivity contribution in [3.05, 3.63) is 0 Å². The van der Waals surface area contributed by atoms with Gasteiger partial charge in [-0.05, 0) is 26.7 Å². The Hall–Kier alpha value is -0.120. The molecule has 3 nitrogen and oxygen atoms in total. The second-order valence-corrected chi connectivity index (χ2v) is 4.20. The molecule has 1 heterocycles. The molecule has 1 aliphatic heterocycles. The van der Waals surface area contributed by atoms with Crippen molar-refractivity contribution < 1.29 is 4.74 Å². The van der Waals surface area contributed by atoms with Crippen molar-refractivity contribution in [2.75, 3.05) is 20.2 Å². The Morgan fingerprint density at radius 3 is 2.69 bits per heavy atom. The molecule has 0 aromatic rings. The molecule has 1 aliphatic rings. The minimum absolute atomic E-state index is 0.302. The van der Waals surface area contributed by atoms with Gasteiger partial charge >= 0.3 is 0 Å². The summed E-state index contributed by atoms with van der Waals surface area (Å²) in [6, 6.07) is 0.900. The lowest BCUT2D eigenvalue weighted by molar-refractivity contribution is 0.101. The van der Waals surface area contributed by atoms with Crippen molar-refractivity contribution in [2.45, 2.75) is 44.9 Å². The monoisotopic (exact) mass is 186 g/mol. The molecule has 3 unspecified atom stereocenters. The van der Waals surface area contributed by atoms with Gasteiger partial charge in [0, 0.05) is 32.3 Å². The maximum atomic E-state index is 5.77. The highest BCUT2D eigenvalue weighted by Gasteiger charge is 2.25. The van der Waals surface area contributed by atoms with E-state index in [1.165, 1.54) is 6.42 Å². The molecule has 0 amide bonds. The Labute approximate surface area is 81.2 Å². The molecular formula is C10H22N2O. The van der Waals surface area contributed by atoms with Crippen LogP contribution in [0.4, 0.5) is 0 Å². The molecule has 1 saturated heterocycles. The smallest absolute Gasteiger partial charge is 0.0710 e. The number of methoxy groups -OCH3 is 1. The summed E-state index contributed by atoms with van der Waals surface area (Å²) >= 11 is 0. The van der Waals surface area contributed by atoms with Gasteiger partial charge < -0.3 is 10.5 Å².